The number of rotatable bonds is 3. The summed E-state index contributed by atoms with van der Waals surface area (Å²) >= 11 is 0. The minimum atomic E-state index is -0.738. The van der Waals surface area contributed by atoms with Gasteiger partial charge in [-0.3, -0.25) is 14.9 Å². The van der Waals surface area contributed by atoms with E-state index in [4.69, 9.17) is 0 Å². The minimum absolute atomic E-state index is 0.231. The predicted octanol–water partition coefficient (Wildman–Crippen LogP) is 2.13. The van der Waals surface area contributed by atoms with Crippen molar-refractivity contribution < 1.29 is 14.4 Å². The monoisotopic (exact) mass is 309 g/mol. The summed E-state index contributed by atoms with van der Waals surface area (Å²) in [5, 5.41) is 7.50. The van der Waals surface area contributed by atoms with Gasteiger partial charge in [0.1, 0.15) is 6.04 Å². The molecule has 0 aromatic heterocycles. The Morgan fingerprint density at radius 3 is 2.57 bits per heavy atom. The van der Waals surface area contributed by atoms with Gasteiger partial charge in [-0.05, 0) is 36.8 Å². The second-order valence-corrected chi connectivity index (χ2v) is 5.34. The van der Waals surface area contributed by atoms with Crippen LogP contribution in [0.25, 0.3) is 0 Å². The van der Waals surface area contributed by atoms with Crippen molar-refractivity contribution in [1.29, 1.82) is 0 Å². The first kappa shape index (κ1) is 14.8. The highest BCUT2D eigenvalue weighted by Gasteiger charge is 2.30. The Morgan fingerprint density at radius 1 is 1.09 bits per heavy atom. The molecule has 116 valence electrons. The maximum atomic E-state index is 12.3. The summed E-state index contributed by atoms with van der Waals surface area (Å²) in [4.78, 5) is 35.2. The molecule has 2 aromatic rings. The molecule has 0 aliphatic carbocycles. The van der Waals surface area contributed by atoms with Crippen LogP contribution in [0.15, 0.2) is 48.5 Å². The predicted molar refractivity (Wildman–Crippen MR) is 85.0 cm³/mol. The van der Waals surface area contributed by atoms with Crippen LogP contribution in [0.2, 0.25) is 0 Å². The molecule has 0 radical (unpaired) electrons. The highest BCUT2D eigenvalue weighted by molar-refractivity contribution is 6.06. The molecule has 1 heterocycles. The Morgan fingerprint density at radius 2 is 1.87 bits per heavy atom. The molecular formula is C17H15N3O3. The first-order chi connectivity index (χ1) is 11.0. The summed E-state index contributed by atoms with van der Waals surface area (Å²) < 4.78 is 0. The number of carbonyl (C=O) groups excluding carboxylic acids is 3. The molecule has 1 unspecified atom stereocenters. The smallest absolute Gasteiger partial charge is 0.322 e. The molecule has 4 amide bonds. The topological polar surface area (TPSA) is 87.3 Å². The van der Waals surface area contributed by atoms with Crippen molar-refractivity contribution in [2.45, 2.75) is 13.0 Å². The number of urea groups is 1. The van der Waals surface area contributed by atoms with Crippen molar-refractivity contribution in [1.82, 2.24) is 10.6 Å². The molecular weight excluding hydrogens is 294 g/mol. The third kappa shape index (κ3) is 3.21. The summed E-state index contributed by atoms with van der Waals surface area (Å²) in [6.07, 6.45) is 0. The molecule has 3 N–H and O–H groups in total. The lowest BCUT2D eigenvalue weighted by molar-refractivity contribution is -0.120. The van der Waals surface area contributed by atoms with Gasteiger partial charge in [0.15, 0.2) is 0 Å². The normalized spacial score (nSPS) is 16.7. The molecule has 0 spiro atoms. The van der Waals surface area contributed by atoms with E-state index in [9.17, 15) is 14.4 Å². The Labute approximate surface area is 132 Å². The highest BCUT2D eigenvalue weighted by Crippen LogP contribution is 2.20. The van der Waals surface area contributed by atoms with Crippen molar-refractivity contribution in [3.05, 3.63) is 65.2 Å². The van der Waals surface area contributed by atoms with Crippen molar-refractivity contribution in [2.24, 2.45) is 0 Å². The van der Waals surface area contributed by atoms with E-state index in [1.54, 1.807) is 36.4 Å². The molecule has 1 aliphatic heterocycles. The minimum Gasteiger partial charge on any atom is -0.322 e. The van der Waals surface area contributed by atoms with E-state index < -0.39 is 18.0 Å². The lowest BCUT2D eigenvalue weighted by atomic mass is 10.1. The first-order valence-electron chi connectivity index (χ1n) is 7.12. The van der Waals surface area contributed by atoms with Gasteiger partial charge in [0.2, 0.25) is 0 Å². The van der Waals surface area contributed by atoms with Crippen LogP contribution < -0.4 is 16.0 Å². The van der Waals surface area contributed by atoms with Crippen LogP contribution in [0.5, 0.6) is 0 Å². The number of imide groups is 1. The van der Waals surface area contributed by atoms with Crippen LogP contribution in [0.3, 0.4) is 0 Å². The summed E-state index contributed by atoms with van der Waals surface area (Å²) in [6, 6.07) is 12.8. The summed E-state index contributed by atoms with van der Waals surface area (Å²) in [7, 11) is 0. The van der Waals surface area contributed by atoms with E-state index in [0.717, 1.165) is 5.56 Å². The Bertz CT molecular complexity index is 801. The van der Waals surface area contributed by atoms with Crippen LogP contribution in [-0.2, 0) is 4.79 Å². The van der Waals surface area contributed by atoms with E-state index >= 15 is 0 Å². The first-order valence-corrected chi connectivity index (χ1v) is 7.12. The third-order valence-corrected chi connectivity index (χ3v) is 3.53. The molecule has 6 heteroatoms. The van der Waals surface area contributed by atoms with Crippen molar-refractivity contribution in [2.75, 3.05) is 5.32 Å². The summed E-state index contributed by atoms with van der Waals surface area (Å²) in [5.74, 6) is -0.636. The van der Waals surface area contributed by atoms with E-state index in [0.29, 0.717) is 16.8 Å². The number of hydrogen-bond donors (Lipinski definition) is 3. The second kappa shape index (κ2) is 5.92. The van der Waals surface area contributed by atoms with E-state index in [1.807, 2.05) is 19.1 Å². The third-order valence-electron chi connectivity index (χ3n) is 3.53. The molecule has 3 rings (SSSR count). The van der Waals surface area contributed by atoms with Gasteiger partial charge >= 0.3 is 6.03 Å². The lowest BCUT2D eigenvalue weighted by Gasteiger charge is -2.11. The number of nitrogens with one attached hydrogen (secondary N) is 3. The van der Waals surface area contributed by atoms with Crippen LogP contribution in [0.1, 0.15) is 27.5 Å². The van der Waals surface area contributed by atoms with E-state index in [1.165, 1.54) is 0 Å². The maximum absolute atomic E-state index is 12.3. The molecule has 0 bridgehead atoms. The number of aryl methyl sites for hydroxylation is 1. The number of benzene rings is 2. The quantitative estimate of drug-likeness (QED) is 0.759. The van der Waals surface area contributed by atoms with Gasteiger partial charge in [-0.1, -0.05) is 29.8 Å². The summed E-state index contributed by atoms with van der Waals surface area (Å²) in [6.45, 7) is 1.92. The van der Waals surface area contributed by atoms with E-state index in [-0.39, 0.29) is 5.91 Å². The Hall–Kier alpha value is -3.15. The fraction of sp³-hybridized carbons (Fsp3) is 0.118. The molecule has 1 aliphatic rings. The molecule has 1 saturated heterocycles. The molecule has 1 fully saturated rings. The van der Waals surface area contributed by atoms with Crippen molar-refractivity contribution in [3.63, 3.8) is 0 Å². The van der Waals surface area contributed by atoms with Gasteiger partial charge < -0.3 is 10.6 Å². The van der Waals surface area contributed by atoms with E-state index in [2.05, 4.69) is 16.0 Å². The number of anilines is 1. The zero-order valence-corrected chi connectivity index (χ0v) is 12.4. The fourth-order valence-corrected chi connectivity index (χ4v) is 2.44. The molecule has 2 aromatic carbocycles. The van der Waals surface area contributed by atoms with Crippen LogP contribution in [0.4, 0.5) is 10.5 Å². The van der Waals surface area contributed by atoms with Gasteiger partial charge in [-0.2, -0.15) is 0 Å². The van der Waals surface area contributed by atoms with Gasteiger partial charge in [0, 0.05) is 11.3 Å². The van der Waals surface area contributed by atoms with Gasteiger partial charge in [-0.15, -0.1) is 0 Å². The SMILES string of the molecule is Cc1cccc(C(=O)Nc2cccc(C3NC(=O)NC3=O)c2)c1. The van der Waals surface area contributed by atoms with Crippen LogP contribution in [-0.4, -0.2) is 17.8 Å². The van der Waals surface area contributed by atoms with Gasteiger partial charge in [0.05, 0.1) is 0 Å². The van der Waals surface area contributed by atoms with Gasteiger partial charge in [-0.25, -0.2) is 4.79 Å². The largest absolute Gasteiger partial charge is 0.322 e. The Balaban J connectivity index is 1.79. The average molecular weight is 309 g/mol. The number of amides is 4. The zero-order valence-electron chi connectivity index (χ0n) is 12.4. The van der Waals surface area contributed by atoms with Crippen LogP contribution >= 0.6 is 0 Å². The molecule has 23 heavy (non-hydrogen) atoms. The fourth-order valence-electron chi connectivity index (χ4n) is 2.44. The average Bonchev–Trinajstić information content (AvgIpc) is 2.86. The lowest BCUT2D eigenvalue weighted by Crippen LogP contribution is -2.22. The highest BCUT2D eigenvalue weighted by atomic mass is 16.2. The van der Waals surface area contributed by atoms with Gasteiger partial charge in [0.25, 0.3) is 11.8 Å². The number of hydrogen-bond acceptors (Lipinski definition) is 3. The second-order valence-electron chi connectivity index (χ2n) is 5.34. The Kier molecular flexibility index (Phi) is 3.80. The zero-order chi connectivity index (χ0) is 16.4. The maximum Gasteiger partial charge on any atom is 0.322 e. The summed E-state index contributed by atoms with van der Waals surface area (Å²) in [5.41, 5.74) is 2.72. The van der Waals surface area contributed by atoms with Crippen LogP contribution in [0, 0.1) is 6.92 Å². The van der Waals surface area contributed by atoms with Crippen molar-refractivity contribution >= 4 is 23.5 Å². The number of carbonyl (C=O) groups is 3. The molecule has 1 atom stereocenters. The van der Waals surface area contributed by atoms with Crippen molar-refractivity contribution in [3.8, 4) is 0 Å². The standard InChI is InChI=1S/C17H15N3O3/c1-10-4-2-6-12(8-10)15(21)18-13-7-3-5-11(9-13)14-16(22)20-17(23)19-14/h2-9,14H,1H3,(H,18,21)(H2,19,20,22,23). The molecule has 0 saturated carbocycles. The molecule has 6 nitrogen and oxygen atoms in total.